The van der Waals surface area contributed by atoms with Gasteiger partial charge in [0.2, 0.25) is 0 Å². The topological polar surface area (TPSA) is 79.6 Å². The normalized spacial score (nSPS) is 18.8. The van der Waals surface area contributed by atoms with Gasteiger partial charge in [-0.1, -0.05) is 12.1 Å². The van der Waals surface area contributed by atoms with E-state index in [1.807, 2.05) is 30.8 Å². The van der Waals surface area contributed by atoms with Crippen molar-refractivity contribution in [1.29, 1.82) is 0 Å². The molecule has 0 bridgehead atoms. The van der Waals surface area contributed by atoms with E-state index in [9.17, 15) is 9.90 Å². The SMILES string of the molecule is CCn1cc(C2CN(C(=O)N[C@H](C)c3cccc(O)c3)CCO2)cn1. The van der Waals surface area contributed by atoms with Crippen LogP contribution in [0.3, 0.4) is 0 Å². The van der Waals surface area contributed by atoms with Crippen LogP contribution in [0.5, 0.6) is 5.75 Å². The van der Waals surface area contributed by atoms with Crippen molar-refractivity contribution >= 4 is 6.03 Å². The van der Waals surface area contributed by atoms with Crippen molar-refractivity contribution in [3.63, 3.8) is 0 Å². The molecule has 25 heavy (non-hydrogen) atoms. The van der Waals surface area contributed by atoms with Crippen LogP contribution in [0.25, 0.3) is 0 Å². The number of carbonyl (C=O) groups is 1. The zero-order valence-corrected chi connectivity index (χ0v) is 14.6. The summed E-state index contributed by atoms with van der Waals surface area (Å²) >= 11 is 0. The number of hydrogen-bond acceptors (Lipinski definition) is 4. The monoisotopic (exact) mass is 344 g/mol. The molecule has 1 fully saturated rings. The zero-order chi connectivity index (χ0) is 17.8. The van der Waals surface area contributed by atoms with Gasteiger partial charge in [-0.2, -0.15) is 5.10 Å². The van der Waals surface area contributed by atoms with Crippen LogP contribution in [-0.4, -0.2) is 45.5 Å². The Morgan fingerprint density at radius 3 is 3.08 bits per heavy atom. The average molecular weight is 344 g/mol. The maximum atomic E-state index is 12.6. The molecule has 1 aliphatic heterocycles. The fourth-order valence-corrected chi connectivity index (χ4v) is 2.91. The second kappa shape index (κ2) is 7.57. The number of nitrogens with zero attached hydrogens (tertiary/aromatic N) is 3. The van der Waals surface area contributed by atoms with Gasteiger partial charge in [-0.05, 0) is 31.5 Å². The van der Waals surface area contributed by atoms with E-state index in [0.29, 0.717) is 19.7 Å². The molecule has 7 heteroatoms. The number of aromatic nitrogens is 2. The Balaban J connectivity index is 1.61. The molecule has 2 N–H and O–H groups in total. The number of phenolic OH excluding ortho intramolecular Hbond substituents is 1. The van der Waals surface area contributed by atoms with Crippen LogP contribution in [0.1, 0.15) is 37.1 Å². The third kappa shape index (κ3) is 4.11. The first-order chi connectivity index (χ1) is 12.1. The second-order valence-corrected chi connectivity index (χ2v) is 6.20. The number of urea groups is 1. The number of amides is 2. The van der Waals surface area contributed by atoms with E-state index >= 15 is 0 Å². The van der Waals surface area contributed by atoms with Crippen LogP contribution in [0.4, 0.5) is 4.79 Å². The van der Waals surface area contributed by atoms with E-state index in [2.05, 4.69) is 10.4 Å². The Morgan fingerprint density at radius 2 is 2.36 bits per heavy atom. The molecule has 0 aliphatic carbocycles. The number of nitrogens with one attached hydrogen (secondary N) is 1. The molecule has 2 amide bonds. The van der Waals surface area contributed by atoms with Crippen LogP contribution in [0.2, 0.25) is 0 Å². The van der Waals surface area contributed by atoms with Crippen molar-refractivity contribution in [1.82, 2.24) is 20.0 Å². The van der Waals surface area contributed by atoms with E-state index < -0.39 is 0 Å². The number of rotatable bonds is 4. The molecule has 134 valence electrons. The lowest BCUT2D eigenvalue weighted by molar-refractivity contribution is -0.0157. The summed E-state index contributed by atoms with van der Waals surface area (Å²) in [6.45, 7) is 6.27. The highest BCUT2D eigenvalue weighted by Crippen LogP contribution is 2.23. The Morgan fingerprint density at radius 1 is 1.52 bits per heavy atom. The van der Waals surface area contributed by atoms with Gasteiger partial charge in [-0.3, -0.25) is 4.68 Å². The molecule has 0 saturated carbocycles. The lowest BCUT2D eigenvalue weighted by atomic mass is 10.1. The summed E-state index contributed by atoms with van der Waals surface area (Å²) < 4.78 is 7.65. The highest BCUT2D eigenvalue weighted by atomic mass is 16.5. The zero-order valence-electron chi connectivity index (χ0n) is 14.6. The summed E-state index contributed by atoms with van der Waals surface area (Å²) in [6.07, 6.45) is 3.60. The third-order valence-corrected chi connectivity index (χ3v) is 4.41. The molecule has 0 spiro atoms. The fraction of sp³-hybridized carbons (Fsp3) is 0.444. The number of ether oxygens (including phenoxy) is 1. The Kier molecular flexibility index (Phi) is 5.23. The standard InChI is InChI=1S/C18H24N4O3/c1-3-22-11-15(10-19-22)17-12-21(7-8-25-17)18(24)20-13(2)14-5-4-6-16(23)9-14/h4-6,9-11,13,17,23H,3,7-8,12H2,1-2H3,(H,20,24)/t13-,17?/m1/s1. The maximum Gasteiger partial charge on any atom is 0.318 e. The molecule has 3 rings (SSSR count). The first kappa shape index (κ1) is 17.3. The number of phenols is 1. The Labute approximate surface area is 147 Å². The highest BCUT2D eigenvalue weighted by molar-refractivity contribution is 5.75. The van der Waals surface area contributed by atoms with Gasteiger partial charge in [0.05, 0.1) is 25.4 Å². The fourth-order valence-electron chi connectivity index (χ4n) is 2.91. The number of aryl methyl sites for hydroxylation is 1. The molecule has 1 saturated heterocycles. The molecular formula is C18H24N4O3. The van der Waals surface area contributed by atoms with Gasteiger partial charge in [0.1, 0.15) is 11.9 Å². The summed E-state index contributed by atoms with van der Waals surface area (Å²) in [6, 6.07) is 6.60. The first-order valence-electron chi connectivity index (χ1n) is 8.55. The number of benzene rings is 1. The number of carbonyl (C=O) groups excluding carboxylic acids is 1. The van der Waals surface area contributed by atoms with Crippen LogP contribution < -0.4 is 5.32 Å². The first-order valence-corrected chi connectivity index (χ1v) is 8.55. The lowest BCUT2D eigenvalue weighted by Crippen LogP contribution is -2.47. The van der Waals surface area contributed by atoms with Crippen LogP contribution in [0.15, 0.2) is 36.7 Å². The minimum absolute atomic E-state index is 0.132. The van der Waals surface area contributed by atoms with Gasteiger partial charge in [-0.15, -0.1) is 0 Å². The largest absolute Gasteiger partial charge is 0.508 e. The van der Waals surface area contributed by atoms with Crippen molar-refractivity contribution in [3.05, 3.63) is 47.8 Å². The molecule has 0 radical (unpaired) electrons. The van der Waals surface area contributed by atoms with E-state index in [-0.39, 0.29) is 23.9 Å². The molecule has 7 nitrogen and oxygen atoms in total. The van der Waals surface area contributed by atoms with E-state index in [1.165, 1.54) is 0 Å². The van der Waals surface area contributed by atoms with Crippen LogP contribution >= 0.6 is 0 Å². The Hall–Kier alpha value is -2.54. The van der Waals surface area contributed by atoms with Gasteiger partial charge >= 0.3 is 6.03 Å². The minimum Gasteiger partial charge on any atom is -0.508 e. The molecule has 1 aromatic heterocycles. The van der Waals surface area contributed by atoms with E-state index in [1.54, 1.807) is 29.3 Å². The molecule has 2 heterocycles. The van der Waals surface area contributed by atoms with Crippen molar-refractivity contribution in [2.75, 3.05) is 19.7 Å². The molecular weight excluding hydrogens is 320 g/mol. The predicted octanol–water partition coefficient (Wildman–Crippen LogP) is 2.45. The lowest BCUT2D eigenvalue weighted by Gasteiger charge is -2.33. The highest BCUT2D eigenvalue weighted by Gasteiger charge is 2.27. The smallest absolute Gasteiger partial charge is 0.318 e. The van der Waals surface area contributed by atoms with Crippen molar-refractivity contribution in [3.8, 4) is 5.75 Å². The van der Waals surface area contributed by atoms with Crippen LogP contribution in [-0.2, 0) is 11.3 Å². The number of aromatic hydroxyl groups is 1. The van der Waals surface area contributed by atoms with Gasteiger partial charge in [0.15, 0.2) is 0 Å². The van der Waals surface area contributed by atoms with Gasteiger partial charge in [0.25, 0.3) is 0 Å². The number of morpholine rings is 1. The maximum absolute atomic E-state index is 12.6. The average Bonchev–Trinajstić information content (AvgIpc) is 3.11. The molecule has 1 aromatic carbocycles. The van der Waals surface area contributed by atoms with Crippen molar-refractivity contribution in [2.45, 2.75) is 32.5 Å². The second-order valence-electron chi connectivity index (χ2n) is 6.20. The van der Waals surface area contributed by atoms with Crippen molar-refractivity contribution in [2.24, 2.45) is 0 Å². The van der Waals surface area contributed by atoms with E-state index in [0.717, 1.165) is 17.7 Å². The number of hydrogen-bond donors (Lipinski definition) is 2. The molecule has 1 unspecified atom stereocenters. The summed E-state index contributed by atoms with van der Waals surface area (Å²) in [5.41, 5.74) is 1.85. The molecule has 2 atom stereocenters. The summed E-state index contributed by atoms with van der Waals surface area (Å²) in [5.74, 6) is 0.193. The minimum atomic E-state index is -0.191. The quantitative estimate of drug-likeness (QED) is 0.893. The predicted molar refractivity (Wildman–Crippen MR) is 93.2 cm³/mol. The third-order valence-electron chi connectivity index (χ3n) is 4.41. The summed E-state index contributed by atoms with van der Waals surface area (Å²) in [4.78, 5) is 14.3. The molecule has 2 aromatic rings. The van der Waals surface area contributed by atoms with E-state index in [4.69, 9.17) is 4.74 Å². The Bertz CT molecular complexity index is 731. The summed E-state index contributed by atoms with van der Waals surface area (Å²) in [5, 5.41) is 16.8. The van der Waals surface area contributed by atoms with Crippen molar-refractivity contribution < 1.29 is 14.6 Å². The van der Waals surface area contributed by atoms with Gasteiger partial charge < -0.3 is 20.1 Å². The molecule has 1 aliphatic rings. The summed E-state index contributed by atoms with van der Waals surface area (Å²) in [7, 11) is 0. The van der Waals surface area contributed by atoms with Gasteiger partial charge in [-0.25, -0.2) is 4.79 Å². The van der Waals surface area contributed by atoms with Gasteiger partial charge in [0, 0.05) is 24.8 Å². The van der Waals surface area contributed by atoms with Crippen LogP contribution in [0, 0.1) is 0 Å².